The van der Waals surface area contributed by atoms with E-state index in [4.69, 9.17) is 20.6 Å². The van der Waals surface area contributed by atoms with Crippen LogP contribution in [0.3, 0.4) is 0 Å². The minimum absolute atomic E-state index is 0.147. The van der Waals surface area contributed by atoms with Crippen molar-refractivity contribution in [3.8, 4) is 0 Å². The molecule has 0 fully saturated rings. The molecule has 1 aromatic heterocycles. The van der Waals surface area contributed by atoms with E-state index in [0.29, 0.717) is 25.3 Å². The molecule has 4 rings (SSSR count). The molecule has 1 atom stereocenters. The third-order valence-electron chi connectivity index (χ3n) is 3.57. The van der Waals surface area contributed by atoms with Gasteiger partial charge in [0.05, 0.1) is 0 Å². The number of carbonyl (C=O) groups excluding carboxylic acids is 1. The van der Waals surface area contributed by atoms with Crippen molar-refractivity contribution < 1.29 is 27.9 Å². The van der Waals surface area contributed by atoms with Gasteiger partial charge in [0, 0.05) is 5.39 Å². The first-order valence-corrected chi connectivity index (χ1v) is 14.7. The predicted octanol–water partition coefficient (Wildman–Crippen LogP) is 3.70. The van der Waals surface area contributed by atoms with Gasteiger partial charge in [-0.25, -0.2) is 9.59 Å². The van der Waals surface area contributed by atoms with Gasteiger partial charge in [-0.05, 0) is 36.3 Å². The van der Waals surface area contributed by atoms with E-state index in [0.717, 1.165) is 17.4 Å². The third kappa shape index (κ3) is 6.26. The van der Waals surface area contributed by atoms with E-state index < -0.39 is 11.7 Å². The number of fused-ring (bicyclic) bond motifs is 2. The Bertz CT molecular complexity index is 969. The van der Waals surface area contributed by atoms with Crippen LogP contribution in [0.1, 0.15) is 6.42 Å². The number of para-hydroxylation sites is 1. The fourth-order valence-electron chi connectivity index (χ4n) is 2.35. The number of carbonyl (C=O) groups is 1. The van der Waals surface area contributed by atoms with Crippen molar-refractivity contribution >= 4 is 49.5 Å². The van der Waals surface area contributed by atoms with E-state index in [1.54, 1.807) is 24.3 Å². The van der Waals surface area contributed by atoms with Gasteiger partial charge < -0.3 is 20.6 Å². The van der Waals surface area contributed by atoms with Crippen molar-refractivity contribution in [2.24, 2.45) is 5.73 Å². The second-order valence-electron chi connectivity index (χ2n) is 5.37. The van der Waals surface area contributed by atoms with Gasteiger partial charge in [-0.3, -0.25) is 0 Å². The SMILES string of the molecule is NC1C=C2CC=CC=C2OC1=O.Nc1cc2ccccc2oc1=O.[Br][Pd][Br]. The first kappa shape index (κ1) is 21.8. The van der Waals surface area contributed by atoms with Gasteiger partial charge in [-0.2, -0.15) is 0 Å². The van der Waals surface area contributed by atoms with Gasteiger partial charge in [-0.15, -0.1) is 0 Å². The molecular formula is C18H16Br2N2O4Pd. The number of nitrogens with two attached hydrogens (primary N) is 2. The van der Waals surface area contributed by atoms with Crippen molar-refractivity contribution in [2.45, 2.75) is 12.5 Å². The average molecular weight is 591 g/mol. The molecule has 1 aliphatic carbocycles. The Balaban J connectivity index is 0.000000170. The van der Waals surface area contributed by atoms with Crippen molar-refractivity contribution in [1.82, 2.24) is 0 Å². The zero-order chi connectivity index (χ0) is 19.8. The molecule has 1 unspecified atom stereocenters. The maximum absolute atomic E-state index is 11.0. The molecule has 27 heavy (non-hydrogen) atoms. The van der Waals surface area contributed by atoms with E-state index in [1.165, 1.54) is 0 Å². The van der Waals surface area contributed by atoms with Gasteiger partial charge >= 0.3 is 52.4 Å². The minimum atomic E-state index is -0.594. The zero-order valence-corrected chi connectivity index (χ0v) is 18.6. The van der Waals surface area contributed by atoms with Crippen LogP contribution < -0.4 is 17.1 Å². The van der Waals surface area contributed by atoms with Crippen LogP contribution in [0, 0.1) is 0 Å². The summed E-state index contributed by atoms with van der Waals surface area (Å²) in [7, 11) is 0. The molecule has 2 aromatic rings. The normalized spacial score (nSPS) is 17.4. The first-order chi connectivity index (χ1) is 13.0. The topological polar surface area (TPSA) is 109 Å². The predicted molar refractivity (Wildman–Crippen MR) is 109 cm³/mol. The Morgan fingerprint density at radius 1 is 1.19 bits per heavy atom. The molecule has 6 nitrogen and oxygen atoms in total. The molecule has 0 radical (unpaired) electrons. The van der Waals surface area contributed by atoms with E-state index in [2.05, 4.69) is 26.9 Å². The van der Waals surface area contributed by atoms with Gasteiger partial charge in [0.2, 0.25) is 0 Å². The Labute approximate surface area is 176 Å². The maximum atomic E-state index is 11.0. The number of hydrogen-bond donors (Lipinski definition) is 2. The molecule has 2 heterocycles. The number of ether oxygens (including phenoxy) is 1. The van der Waals surface area contributed by atoms with Crippen molar-refractivity contribution in [1.29, 1.82) is 0 Å². The number of hydrogen-bond acceptors (Lipinski definition) is 6. The number of anilines is 1. The Morgan fingerprint density at radius 2 is 1.89 bits per heavy atom. The van der Waals surface area contributed by atoms with Crippen LogP contribution in [0.4, 0.5) is 5.69 Å². The summed E-state index contributed by atoms with van der Waals surface area (Å²) in [5, 5.41) is 0.842. The summed E-state index contributed by atoms with van der Waals surface area (Å²) in [5.41, 5.74) is 12.1. The fraction of sp³-hybridized carbons (Fsp3) is 0.111. The van der Waals surface area contributed by atoms with Gasteiger partial charge in [0.15, 0.2) is 0 Å². The third-order valence-corrected chi connectivity index (χ3v) is 3.57. The van der Waals surface area contributed by atoms with E-state index in [-0.39, 0.29) is 11.7 Å². The molecule has 1 aromatic carbocycles. The molecular weight excluding hydrogens is 574 g/mol. The molecule has 4 N–H and O–H groups in total. The van der Waals surface area contributed by atoms with Crippen LogP contribution in [0.2, 0.25) is 0 Å². The first-order valence-electron chi connectivity index (χ1n) is 7.62. The van der Waals surface area contributed by atoms with E-state index in [9.17, 15) is 9.59 Å². The zero-order valence-electron chi connectivity index (χ0n) is 13.8. The molecule has 0 spiro atoms. The molecule has 0 saturated heterocycles. The van der Waals surface area contributed by atoms with Crippen molar-refractivity contribution in [3.05, 3.63) is 76.4 Å². The Hall–Kier alpha value is -1.50. The summed E-state index contributed by atoms with van der Waals surface area (Å²) >= 11 is 6.80. The molecule has 9 heteroatoms. The summed E-state index contributed by atoms with van der Waals surface area (Å²) in [6.07, 6.45) is 8.20. The van der Waals surface area contributed by atoms with Crippen LogP contribution in [0.25, 0.3) is 11.0 Å². The molecule has 0 saturated carbocycles. The molecule has 0 amide bonds. The average Bonchev–Trinajstić information content (AvgIpc) is 2.65. The van der Waals surface area contributed by atoms with Crippen LogP contribution in [0.15, 0.2) is 75.2 Å². The number of esters is 1. The summed E-state index contributed by atoms with van der Waals surface area (Å²) in [5.74, 6) is 0.268. The van der Waals surface area contributed by atoms with Gasteiger partial charge in [0.1, 0.15) is 23.1 Å². The molecule has 1 aliphatic heterocycles. The number of benzene rings is 1. The summed E-state index contributed by atoms with van der Waals surface area (Å²) in [6, 6.07) is 8.26. The van der Waals surface area contributed by atoms with Crippen LogP contribution in [-0.2, 0) is 23.5 Å². The second-order valence-corrected chi connectivity index (χ2v) is 12.5. The quantitative estimate of drug-likeness (QED) is 0.275. The number of allylic oxidation sites excluding steroid dienone is 4. The second kappa shape index (κ2) is 10.7. The monoisotopic (exact) mass is 588 g/mol. The van der Waals surface area contributed by atoms with Crippen LogP contribution in [0.5, 0.6) is 0 Å². The fourth-order valence-corrected chi connectivity index (χ4v) is 2.35. The van der Waals surface area contributed by atoms with Gasteiger partial charge in [0.25, 0.3) is 0 Å². The van der Waals surface area contributed by atoms with E-state index >= 15 is 0 Å². The van der Waals surface area contributed by atoms with Crippen LogP contribution >= 0.6 is 26.9 Å². The molecule has 2 aliphatic rings. The molecule has 146 valence electrons. The number of halogens is 2. The Morgan fingerprint density at radius 3 is 2.63 bits per heavy atom. The standard InChI is InChI=1S/C9H9NO2.C9H7NO2.2BrH.Pd/c2*10-7-5-6-3-1-2-4-8(6)12-9(7)11;;;/h1-2,4-5,7H,3,10H2;1-5H,10H2;2*1H;/q;;;;+2/p-2. The van der Waals surface area contributed by atoms with Crippen molar-refractivity contribution in [2.75, 3.05) is 5.73 Å². The summed E-state index contributed by atoms with van der Waals surface area (Å²) < 4.78 is 9.89. The van der Waals surface area contributed by atoms with Gasteiger partial charge in [-0.1, -0.05) is 30.4 Å². The summed E-state index contributed by atoms with van der Waals surface area (Å²) in [4.78, 5) is 21.9. The van der Waals surface area contributed by atoms with Crippen LogP contribution in [-0.4, -0.2) is 12.0 Å². The number of nitrogen functional groups attached to an aromatic ring is 1. The van der Waals surface area contributed by atoms with Crippen molar-refractivity contribution in [3.63, 3.8) is 0 Å². The number of rotatable bonds is 0. The summed E-state index contributed by atoms with van der Waals surface area (Å²) in [6.45, 7) is 0. The Kier molecular flexibility index (Phi) is 8.67. The van der Waals surface area contributed by atoms with E-state index in [1.807, 2.05) is 30.4 Å². The molecule has 0 bridgehead atoms.